The van der Waals surface area contributed by atoms with Crippen molar-refractivity contribution in [3.63, 3.8) is 0 Å². The average Bonchev–Trinajstić information content (AvgIpc) is 2.41. The summed E-state index contributed by atoms with van der Waals surface area (Å²) in [5.41, 5.74) is 2.81. The van der Waals surface area contributed by atoms with Crippen molar-refractivity contribution in [2.24, 2.45) is 0 Å². The van der Waals surface area contributed by atoms with Gasteiger partial charge in [-0.15, -0.1) is 0 Å². The van der Waals surface area contributed by atoms with Gasteiger partial charge in [0.1, 0.15) is 5.75 Å². The third-order valence-electron chi connectivity index (χ3n) is 3.86. The van der Waals surface area contributed by atoms with Crippen molar-refractivity contribution >= 4 is 15.9 Å². The molecule has 0 radical (unpaired) electrons. The molecule has 0 saturated carbocycles. The molecule has 0 aliphatic heterocycles. The first-order chi connectivity index (χ1) is 9.19. The Hall–Kier alpha value is -0.540. The number of hydrogen-bond donors (Lipinski definition) is 1. The zero-order chi connectivity index (χ0) is 13.8. The third-order valence-corrected chi connectivity index (χ3v) is 4.56. The smallest absolute Gasteiger partial charge is 0.123 e. The molecule has 3 heteroatoms. The van der Waals surface area contributed by atoms with Crippen LogP contribution in [0, 0.1) is 0 Å². The van der Waals surface area contributed by atoms with Crippen molar-refractivity contribution in [2.45, 2.75) is 52.0 Å². The Morgan fingerprint density at radius 3 is 2.74 bits per heavy atom. The summed E-state index contributed by atoms with van der Waals surface area (Å²) in [5, 5.41) is 3.67. The Labute approximate surface area is 125 Å². The van der Waals surface area contributed by atoms with Gasteiger partial charge < -0.3 is 10.1 Å². The molecule has 2 rings (SSSR count). The number of fused-ring (bicyclic) bond motifs is 1. The highest BCUT2D eigenvalue weighted by atomic mass is 79.9. The van der Waals surface area contributed by atoms with Crippen molar-refractivity contribution in [3.05, 3.63) is 27.7 Å². The molecule has 2 unspecified atom stereocenters. The molecular weight excluding hydrogens is 302 g/mol. The summed E-state index contributed by atoms with van der Waals surface area (Å²) in [5.74, 6) is 1.64. The minimum absolute atomic E-state index is 0.459. The molecule has 0 spiro atoms. The van der Waals surface area contributed by atoms with E-state index in [9.17, 15) is 0 Å². The predicted octanol–water partition coefficient (Wildman–Crippen LogP) is 4.79. The molecule has 2 nitrogen and oxygen atoms in total. The minimum Gasteiger partial charge on any atom is -0.494 e. The standard InChI is InChI=1S/C16H24BrNO/c1-4-10-18-13-8-6-11(3)15-14(19-5-2)9-7-12(17)16(13)15/h7,9,11,13,18H,4-6,8,10H2,1-3H3. The largest absolute Gasteiger partial charge is 0.494 e. The van der Waals surface area contributed by atoms with Gasteiger partial charge in [-0.05, 0) is 56.3 Å². The number of rotatable bonds is 5. The van der Waals surface area contributed by atoms with E-state index < -0.39 is 0 Å². The SMILES string of the molecule is CCCNC1CCC(C)c2c(OCC)ccc(Br)c21. The molecule has 0 aromatic heterocycles. The van der Waals surface area contributed by atoms with Crippen LogP contribution in [0.25, 0.3) is 0 Å². The summed E-state index contributed by atoms with van der Waals surface area (Å²) < 4.78 is 7.05. The predicted molar refractivity (Wildman–Crippen MR) is 84.0 cm³/mol. The van der Waals surface area contributed by atoms with Crippen LogP contribution < -0.4 is 10.1 Å². The molecule has 1 aliphatic carbocycles. The van der Waals surface area contributed by atoms with Gasteiger partial charge >= 0.3 is 0 Å². The van der Waals surface area contributed by atoms with Crippen LogP contribution in [0.5, 0.6) is 5.75 Å². The molecule has 0 heterocycles. The van der Waals surface area contributed by atoms with E-state index in [1.165, 1.54) is 34.9 Å². The summed E-state index contributed by atoms with van der Waals surface area (Å²) >= 11 is 3.73. The van der Waals surface area contributed by atoms with E-state index in [0.717, 1.165) is 18.9 Å². The summed E-state index contributed by atoms with van der Waals surface area (Å²) in [6.45, 7) is 8.38. The molecule has 1 aromatic carbocycles. The molecule has 19 heavy (non-hydrogen) atoms. The highest BCUT2D eigenvalue weighted by Crippen LogP contribution is 2.45. The average molecular weight is 326 g/mol. The Balaban J connectivity index is 2.41. The summed E-state index contributed by atoms with van der Waals surface area (Å²) in [4.78, 5) is 0. The van der Waals surface area contributed by atoms with Crippen molar-refractivity contribution in [3.8, 4) is 5.75 Å². The van der Waals surface area contributed by atoms with Crippen molar-refractivity contribution in [1.29, 1.82) is 0 Å². The van der Waals surface area contributed by atoms with Crippen LogP contribution in [0.4, 0.5) is 0 Å². The lowest BCUT2D eigenvalue weighted by atomic mass is 9.80. The zero-order valence-electron chi connectivity index (χ0n) is 12.1. The number of halogens is 1. The van der Waals surface area contributed by atoms with Crippen LogP contribution in [0.1, 0.15) is 63.1 Å². The Morgan fingerprint density at radius 1 is 1.26 bits per heavy atom. The number of ether oxygens (including phenoxy) is 1. The fourth-order valence-corrected chi connectivity index (χ4v) is 3.58. The van der Waals surface area contributed by atoms with E-state index in [1.807, 2.05) is 0 Å². The lowest BCUT2D eigenvalue weighted by Gasteiger charge is -2.33. The van der Waals surface area contributed by atoms with E-state index in [-0.39, 0.29) is 0 Å². The van der Waals surface area contributed by atoms with Crippen LogP contribution in [0.2, 0.25) is 0 Å². The van der Waals surface area contributed by atoms with Gasteiger partial charge in [0, 0.05) is 16.1 Å². The molecule has 1 N–H and O–H groups in total. The van der Waals surface area contributed by atoms with Gasteiger partial charge in [-0.2, -0.15) is 0 Å². The maximum Gasteiger partial charge on any atom is 0.123 e. The van der Waals surface area contributed by atoms with Gasteiger partial charge in [0.25, 0.3) is 0 Å². The van der Waals surface area contributed by atoms with Crippen molar-refractivity contribution in [2.75, 3.05) is 13.2 Å². The summed E-state index contributed by atoms with van der Waals surface area (Å²) in [6.07, 6.45) is 3.61. The van der Waals surface area contributed by atoms with Gasteiger partial charge in [0.15, 0.2) is 0 Å². The molecule has 1 aromatic rings. The van der Waals surface area contributed by atoms with Crippen LogP contribution in [0.3, 0.4) is 0 Å². The first-order valence-corrected chi connectivity index (χ1v) is 8.16. The Kier molecular flexibility index (Phi) is 5.28. The maximum atomic E-state index is 5.83. The fraction of sp³-hybridized carbons (Fsp3) is 0.625. The minimum atomic E-state index is 0.459. The van der Waals surface area contributed by atoms with Gasteiger partial charge in [-0.3, -0.25) is 0 Å². The van der Waals surface area contributed by atoms with E-state index >= 15 is 0 Å². The van der Waals surface area contributed by atoms with E-state index in [1.54, 1.807) is 0 Å². The summed E-state index contributed by atoms with van der Waals surface area (Å²) in [6, 6.07) is 4.69. The Morgan fingerprint density at radius 2 is 2.05 bits per heavy atom. The van der Waals surface area contributed by atoms with Gasteiger partial charge in [0.05, 0.1) is 6.61 Å². The van der Waals surface area contributed by atoms with E-state index in [2.05, 4.69) is 54.2 Å². The second kappa shape index (κ2) is 6.76. The number of hydrogen-bond acceptors (Lipinski definition) is 2. The first-order valence-electron chi connectivity index (χ1n) is 7.37. The highest BCUT2D eigenvalue weighted by Gasteiger charge is 2.29. The fourth-order valence-electron chi connectivity index (χ4n) is 2.96. The third kappa shape index (κ3) is 3.14. The monoisotopic (exact) mass is 325 g/mol. The van der Waals surface area contributed by atoms with Crippen molar-refractivity contribution < 1.29 is 4.74 Å². The molecular formula is C16H24BrNO. The molecule has 0 fully saturated rings. The van der Waals surface area contributed by atoms with Crippen LogP contribution in [-0.2, 0) is 0 Å². The van der Waals surface area contributed by atoms with Gasteiger partial charge in [-0.25, -0.2) is 0 Å². The van der Waals surface area contributed by atoms with Gasteiger partial charge in [0.2, 0.25) is 0 Å². The topological polar surface area (TPSA) is 21.3 Å². The van der Waals surface area contributed by atoms with E-state index in [0.29, 0.717) is 12.0 Å². The summed E-state index contributed by atoms with van der Waals surface area (Å²) in [7, 11) is 0. The molecule has 2 atom stereocenters. The van der Waals surface area contributed by atoms with Crippen LogP contribution in [-0.4, -0.2) is 13.2 Å². The lowest BCUT2D eigenvalue weighted by molar-refractivity contribution is 0.326. The molecule has 1 aliphatic rings. The number of benzene rings is 1. The van der Waals surface area contributed by atoms with Crippen LogP contribution in [0.15, 0.2) is 16.6 Å². The van der Waals surface area contributed by atoms with Gasteiger partial charge in [-0.1, -0.05) is 29.8 Å². The Bertz CT molecular complexity index is 433. The molecule has 0 saturated heterocycles. The first kappa shape index (κ1) is 14.9. The molecule has 0 amide bonds. The highest BCUT2D eigenvalue weighted by molar-refractivity contribution is 9.10. The van der Waals surface area contributed by atoms with Crippen molar-refractivity contribution in [1.82, 2.24) is 5.32 Å². The molecule has 0 bridgehead atoms. The van der Waals surface area contributed by atoms with Crippen LogP contribution >= 0.6 is 15.9 Å². The quantitative estimate of drug-likeness (QED) is 0.840. The second-order valence-electron chi connectivity index (χ2n) is 5.29. The second-order valence-corrected chi connectivity index (χ2v) is 6.15. The van der Waals surface area contributed by atoms with E-state index in [4.69, 9.17) is 4.74 Å². The lowest BCUT2D eigenvalue weighted by Crippen LogP contribution is -2.27. The zero-order valence-corrected chi connectivity index (χ0v) is 13.7. The number of nitrogens with one attached hydrogen (secondary N) is 1. The maximum absolute atomic E-state index is 5.83. The molecule has 106 valence electrons. The normalized spacial score (nSPS) is 22.1.